The molecular formula is C15H16FNO3S. The summed E-state index contributed by atoms with van der Waals surface area (Å²) in [6.07, 6.45) is 0. The van der Waals surface area contributed by atoms with Crippen molar-refractivity contribution in [3.63, 3.8) is 0 Å². The molecule has 0 saturated carbocycles. The molecular weight excluding hydrogens is 293 g/mol. The third kappa shape index (κ3) is 3.33. The van der Waals surface area contributed by atoms with E-state index in [1.54, 1.807) is 13.0 Å². The molecule has 0 aliphatic rings. The average Bonchev–Trinajstić information content (AvgIpc) is 2.40. The van der Waals surface area contributed by atoms with E-state index in [1.807, 2.05) is 0 Å². The molecule has 112 valence electrons. The summed E-state index contributed by atoms with van der Waals surface area (Å²) in [7, 11) is -2.22. The van der Waals surface area contributed by atoms with Gasteiger partial charge in [0.1, 0.15) is 11.6 Å². The number of rotatable bonds is 4. The van der Waals surface area contributed by atoms with Crippen LogP contribution in [-0.2, 0) is 15.6 Å². The standard InChI is InChI=1S/C15H16FNO3S/c1-10-7-12(17)4-6-15(10)21(18,19)9-11-3-5-13(20-2)8-14(11)16/h3-8H,9,17H2,1-2H3. The molecule has 0 fully saturated rings. The van der Waals surface area contributed by atoms with Gasteiger partial charge in [-0.15, -0.1) is 0 Å². The smallest absolute Gasteiger partial charge is 0.182 e. The number of hydrogen-bond acceptors (Lipinski definition) is 4. The van der Waals surface area contributed by atoms with Gasteiger partial charge in [-0.2, -0.15) is 0 Å². The highest BCUT2D eigenvalue weighted by molar-refractivity contribution is 7.90. The van der Waals surface area contributed by atoms with E-state index in [-0.39, 0.29) is 10.5 Å². The normalized spacial score (nSPS) is 11.4. The Kier molecular flexibility index (Phi) is 4.18. The first kappa shape index (κ1) is 15.3. The van der Waals surface area contributed by atoms with Gasteiger partial charge in [-0.25, -0.2) is 12.8 Å². The van der Waals surface area contributed by atoms with Gasteiger partial charge in [-0.05, 0) is 36.8 Å². The van der Waals surface area contributed by atoms with Crippen molar-refractivity contribution >= 4 is 15.5 Å². The van der Waals surface area contributed by atoms with Crippen molar-refractivity contribution in [1.82, 2.24) is 0 Å². The first-order valence-corrected chi connectivity index (χ1v) is 7.90. The van der Waals surface area contributed by atoms with Crippen LogP contribution in [0.25, 0.3) is 0 Å². The fraction of sp³-hybridized carbons (Fsp3) is 0.200. The molecule has 4 nitrogen and oxygen atoms in total. The largest absolute Gasteiger partial charge is 0.497 e. The van der Waals surface area contributed by atoms with E-state index in [0.29, 0.717) is 17.0 Å². The maximum absolute atomic E-state index is 13.9. The molecule has 0 saturated heterocycles. The lowest BCUT2D eigenvalue weighted by Gasteiger charge is -2.10. The van der Waals surface area contributed by atoms with Gasteiger partial charge in [-0.1, -0.05) is 6.07 Å². The number of aryl methyl sites for hydroxylation is 1. The van der Waals surface area contributed by atoms with E-state index in [0.717, 1.165) is 0 Å². The monoisotopic (exact) mass is 309 g/mol. The molecule has 2 N–H and O–H groups in total. The number of ether oxygens (including phenoxy) is 1. The number of halogens is 1. The van der Waals surface area contributed by atoms with Crippen molar-refractivity contribution in [1.29, 1.82) is 0 Å². The van der Waals surface area contributed by atoms with Crippen LogP contribution in [0.4, 0.5) is 10.1 Å². The molecule has 0 radical (unpaired) electrons. The lowest BCUT2D eigenvalue weighted by atomic mass is 10.2. The number of methoxy groups -OCH3 is 1. The lowest BCUT2D eigenvalue weighted by molar-refractivity contribution is 0.411. The van der Waals surface area contributed by atoms with Gasteiger partial charge >= 0.3 is 0 Å². The number of anilines is 1. The fourth-order valence-corrected chi connectivity index (χ4v) is 3.70. The Balaban J connectivity index is 2.37. The van der Waals surface area contributed by atoms with Crippen LogP contribution in [0, 0.1) is 12.7 Å². The molecule has 0 spiro atoms. The van der Waals surface area contributed by atoms with E-state index in [4.69, 9.17) is 10.5 Å². The predicted molar refractivity (Wildman–Crippen MR) is 79.4 cm³/mol. The Labute approximate surface area is 123 Å². The van der Waals surface area contributed by atoms with Crippen molar-refractivity contribution in [3.8, 4) is 5.75 Å². The number of nitrogen functional groups attached to an aromatic ring is 1. The highest BCUT2D eigenvalue weighted by Crippen LogP contribution is 2.24. The molecule has 2 aromatic carbocycles. The van der Waals surface area contributed by atoms with E-state index >= 15 is 0 Å². The first-order chi connectivity index (χ1) is 9.83. The Morgan fingerprint density at radius 3 is 2.48 bits per heavy atom. The number of sulfone groups is 1. The fourth-order valence-electron chi connectivity index (χ4n) is 2.08. The van der Waals surface area contributed by atoms with Gasteiger partial charge in [0.25, 0.3) is 0 Å². The average molecular weight is 309 g/mol. The minimum Gasteiger partial charge on any atom is -0.497 e. The van der Waals surface area contributed by atoms with E-state index in [9.17, 15) is 12.8 Å². The molecule has 0 bridgehead atoms. The van der Waals surface area contributed by atoms with Gasteiger partial charge in [0.2, 0.25) is 0 Å². The third-order valence-corrected chi connectivity index (χ3v) is 4.96. The number of hydrogen-bond donors (Lipinski definition) is 1. The topological polar surface area (TPSA) is 69.4 Å². The van der Waals surface area contributed by atoms with Crippen LogP contribution in [-0.4, -0.2) is 15.5 Å². The second-order valence-corrected chi connectivity index (χ2v) is 6.70. The molecule has 21 heavy (non-hydrogen) atoms. The van der Waals surface area contributed by atoms with Gasteiger partial charge < -0.3 is 10.5 Å². The van der Waals surface area contributed by atoms with Crippen molar-refractivity contribution in [2.75, 3.05) is 12.8 Å². The summed E-state index contributed by atoms with van der Waals surface area (Å²) >= 11 is 0. The maximum Gasteiger partial charge on any atom is 0.182 e. The summed E-state index contributed by atoms with van der Waals surface area (Å²) in [6, 6.07) is 8.66. The third-order valence-electron chi connectivity index (χ3n) is 3.14. The molecule has 0 aliphatic carbocycles. The van der Waals surface area contributed by atoms with Crippen LogP contribution in [0.5, 0.6) is 5.75 Å². The zero-order valence-electron chi connectivity index (χ0n) is 11.8. The lowest BCUT2D eigenvalue weighted by Crippen LogP contribution is -2.08. The summed E-state index contributed by atoms with van der Waals surface area (Å²) in [4.78, 5) is 0.159. The number of nitrogens with two attached hydrogens (primary N) is 1. The van der Waals surface area contributed by atoms with Crippen molar-refractivity contribution in [3.05, 3.63) is 53.3 Å². The maximum atomic E-state index is 13.9. The summed E-state index contributed by atoms with van der Waals surface area (Å²) in [5, 5.41) is 0. The van der Waals surface area contributed by atoms with Crippen molar-refractivity contribution in [2.45, 2.75) is 17.6 Å². The summed E-state index contributed by atoms with van der Waals surface area (Å²) in [5.41, 5.74) is 6.75. The Morgan fingerprint density at radius 1 is 1.19 bits per heavy atom. The van der Waals surface area contributed by atoms with Gasteiger partial charge in [-0.3, -0.25) is 0 Å². The predicted octanol–water partition coefficient (Wildman–Crippen LogP) is 2.70. The highest BCUT2D eigenvalue weighted by atomic mass is 32.2. The van der Waals surface area contributed by atoms with Crippen molar-refractivity contribution < 1.29 is 17.5 Å². The molecule has 0 heterocycles. The minimum absolute atomic E-state index is 0.104. The molecule has 0 amide bonds. The number of benzene rings is 2. The second kappa shape index (κ2) is 5.73. The van der Waals surface area contributed by atoms with E-state index in [1.165, 1.54) is 37.4 Å². The van der Waals surface area contributed by atoms with Crippen LogP contribution < -0.4 is 10.5 Å². The quantitative estimate of drug-likeness (QED) is 0.882. The zero-order valence-corrected chi connectivity index (χ0v) is 12.6. The van der Waals surface area contributed by atoms with Crippen LogP contribution in [0.15, 0.2) is 41.3 Å². The Bertz CT molecular complexity index is 772. The molecule has 2 rings (SSSR count). The summed E-state index contributed by atoms with van der Waals surface area (Å²) in [6.45, 7) is 1.66. The first-order valence-electron chi connectivity index (χ1n) is 6.25. The van der Waals surface area contributed by atoms with Gasteiger partial charge in [0, 0.05) is 17.3 Å². The minimum atomic E-state index is -3.64. The van der Waals surface area contributed by atoms with Crippen LogP contribution in [0.2, 0.25) is 0 Å². The molecule has 0 aromatic heterocycles. The second-order valence-electron chi connectivity index (χ2n) is 4.74. The molecule has 0 atom stereocenters. The van der Waals surface area contributed by atoms with Crippen LogP contribution in [0.1, 0.15) is 11.1 Å². The van der Waals surface area contributed by atoms with Crippen molar-refractivity contribution in [2.24, 2.45) is 0 Å². The van der Waals surface area contributed by atoms with Gasteiger partial charge in [0.15, 0.2) is 9.84 Å². The van der Waals surface area contributed by atoms with Gasteiger partial charge in [0.05, 0.1) is 17.8 Å². The van der Waals surface area contributed by atoms with Crippen LogP contribution >= 0.6 is 0 Å². The summed E-state index contributed by atoms with van der Waals surface area (Å²) < 4.78 is 43.6. The molecule has 6 heteroatoms. The Morgan fingerprint density at radius 2 is 1.90 bits per heavy atom. The highest BCUT2D eigenvalue weighted by Gasteiger charge is 2.20. The summed E-state index contributed by atoms with van der Waals surface area (Å²) in [5.74, 6) is -0.670. The zero-order chi connectivity index (χ0) is 15.6. The molecule has 0 aliphatic heterocycles. The Hall–Kier alpha value is -2.08. The van der Waals surface area contributed by atoms with E-state index < -0.39 is 21.4 Å². The molecule has 2 aromatic rings. The van der Waals surface area contributed by atoms with E-state index in [2.05, 4.69) is 0 Å². The van der Waals surface area contributed by atoms with Crippen LogP contribution in [0.3, 0.4) is 0 Å². The SMILES string of the molecule is COc1ccc(CS(=O)(=O)c2ccc(N)cc2C)c(F)c1. The molecule has 0 unspecified atom stereocenters.